The Hall–Kier alpha value is -1.02. The van der Waals surface area contributed by atoms with Crippen LogP contribution in [0.5, 0.6) is 0 Å². The van der Waals surface area contributed by atoms with Gasteiger partial charge in [0.05, 0.1) is 0 Å². The van der Waals surface area contributed by atoms with Crippen LogP contribution in [0.1, 0.15) is 51.6 Å². The first kappa shape index (κ1) is 14.4. The van der Waals surface area contributed by atoms with Gasteiger partial charge in [0.2, 0.25) is 0 Å². The molecule has 1 N–H and O–H groups in total. The Balaban J connectivity index is 2.15. The van der Waals surface area contributed by atoms with Crippen molar-refractivity contribution in [3.8, 4) is 0 Å². The molecule has 2 nitrogen and oxygen atoms in total. The van der Waals surface area contributed by atoms with Crippen molar-refractivity contribution in [1.29, 1.82) is 0 Å². The fourth-order valence-electron chi connectivity index (χ4n) is 2.94. The van der Waals surface area contributed by atoms with Gasteiger partial charge in [0, 0.05) is 24.8 Å². The smallest absolute Gasteiger partial charge is 0.0414 e. The van der Waals surface area contributed by atoms with Gasteiger partial charge in [-0.3, -0.25) is 0 Å². The number of nitrogens with one attached hydrogen (secondary N) is 1. The minimum absolute atomic E-state index is 0.413. The molecular formula is C17H28N2. The van der Waals surface area contributed by atoms with E-state index in [4.69, 9.17) is 0 Å². The van der Waals surface area contributed by atoms with Crippen molar-refractivity contribution in [2.24, 2.45) is 5.41 Å². The molecule has 1 aromatic rings. The molecule has 0 amide bonds. The Morgan fingerprint density at radius 1 is 1.26 bits per heavy atom. The molecule has 19 heavy (non-hydrogen) atoms. The first-order chi connectivity index (χ1) is 9.09. The van der Waals surface area contributed by atoms with Crippen LogP contribution in [0.2, 0.25) is 0 Å². The lowest BCUT2D eigenvalue weighted by Gasteiger charge is -2.41. The summed E-state index contributed by atoms with van der Waals surface area (Å²) in [5.41, 5.74) is 3.40. The molecule has 0 spiro atoms. The van der Waals surface area contributed by atoms with Crippen LogP contribution in [0, 0.1) is 5.41 Å². The maximum atomic E-state index is 3.36. The number of para-hydroxylation sites is 1. The van der Waals surface area contributed by atoms with E-state index in [9.17, 15) is 0 Å². The molecule has 0 saturated carbocycles. The van der Waals surface area contributed by atoms with E-state index in [1.54, 1.807) is 0 Å². The highest BCUT2D eigenvalue weighted by Crippen LogP contribution is 2.37. The third-order valence-corrected chi connectivity index (χ3v) is 5.00. The zero-order chi connectivity index (χ0) is 13.9. The Bertz CT molecular complexity index is 405. The van der Waals surface area contributed by atoms with Crippen LogP contribution in [-0.2, 0) is 0 Å². The molecule has 1 heterocycles. The molecule has 0 aromatic heterocycles. The number of hydrogen-bond acceptors (Lipinski definition) is 2. The topological polar surface area (TPSA) is 15.3 Å². The number of piperidine rings is 1. The summed E-state index contributed by atoms with van der Waals surface area (Å²) in [6.07, 6.45) is 3.92. The summed E-state index contributed by atoms with van der Waals surface area (Å²) < 4.78 is 0. The first-order valence-electron chi connectivity index (χ1n) is 7.61. The van der Waals surface area contributed by atoms with Gasteiger partial charge in [-0.2, -0.15) is 0 Å². The van der Waals surface area contributed by atoms with Crippen LogP contribution in [0.3, 0.4) is 0 Å². The maximum Gasteiger partial charge on any atom is 0.0414 e. The Morgan fingerprint density at radius 2 is 1.89 bits per heavy atom. The minimum Gasteiger partial charge on any atom is -0.371 e. The Kier molecular flexibility index (Phi) is 4.51. The number of anilines is 1. The lowest BCUT2D eigenvalue weighted by molar-refractivity contribution is 0.238. The highest BCUT2D eigenvalue weighted by Gasteiger charge is 2.29. The summed E-state index contributed by atoms with van der Waals surface area (Å²) in [6.45, 7) is 9.38. The number of nitrogens with zero attached hydrogens (tertiary/aromatic N) is 1. The number of rotatable bonds is 4. The van der Waals surface area contributed by atoms with Crippen molar-refractivity contribution >= 4 is 5.69 Å². The second-order valence-electron chi connectivity index (χ2n) is 6.22. The molecule has 0 radical (unpaired) electrons. The second-order valence-corrected chi connectivity index (χ2v) is 6.22. The van der Waals surface area contributed by atoms with Crippen LogP contribution < -0.4 is 10.2 Å². The molecule has 2 heteroatoms. The normalized spacial score (nSPS) is 20.3. The molecule has 0 aliphatic carbocycles. The second kappa shape index (κ2) is 5.96. The van der Waals surface area contributed by atoms with Gasteiger partial charge in [0.15, 0.2) is 0 Å². The van der Waals surface area contributed by atoms with Crippen LogP contribution in [-0.4, -0.2) is 20.1 Å². The van der Waals surface area contributed by atoms with Crippen molar-refractivity contribution in [2.45, 2.75) is 46.1 Å². The van der Waals surface area contributed by atoms with E-state index in [0.717, 1.165) is 0 Å². The minimum atomic E-state index is 0.413. The predicted octanol–water partition coefficient (Wildman–Crippen LogP) is 3.98. The van der Waals surface area contributed by atoms with Gasteiger partial charge >= 0.3 is 0 Å². The molecule has 1 aliphatic rings. The van der Waals surface area contributed by atoms with Crippen molar-refractivity contribution < 1.29 is 0 Å². The van der Waals surface area contributed by atoms with Crippen LogP contribution in [0.4, 0.5) is 5.69 Å². The third-order valence-electron chi connectivity index (χ3n) is 5.00. The van der Waals surface area contributed by atoms with E-state index in [1.165, 1.54) is 43.6 Å². The SMILES string of the molecule is CCC1(C)CCN(c2ccccc2C(C)NC)CC1. The van der Waals surface area contributed by atoms with Crippen molar-refractivity contribution in [2.75, 3.05) is 25.0 Å². The molecule has 1 atom stereocenters. The molecule has 2 rings (SSSR count). The number of hydrogen-bond donors (Lipinski definition) is 1. The van der Waals surface area contributed by atoms with Gasteiger partial charge in [-0.05, 0) is 43.9 Å². The standard InChI is InChI=1S/C17H28N2/c1-5-17(3)10-12-19(13-11-17)16-9-7-6-8-15(16)14(2)18-4/h6-9,14,18H,5,10-13H2,1-4H3. The highest BCUT2D eigenvalue weighted by atomic mass is 15.1. The van der Waals surface area contributed by atoms with E-state index < -0.39 is 0 Å². The summed E-state index contributed by atoms with van der Waals surface area (Å²) in [5, 5.41) is 3.36. The summed E-state index contributed by atoms with van der Waals surface area (Å²) in [4.78, 5) is 2.57. The quantitative estimate of drug-likeness (QED) is 0.881. The highest BCUT2D eigenvalue weighted by molar-refractivity contribution is 5.55. The van der Waals surface area contributed by atoms with Gasteiger partial charge in [0.1, 0.15) is 0 Å². The van der Waals surface area contributed by atoms with Gasteiger partial charge in [-0.1, -0.05) is 38.5 Å². The van der Waals surface area contributed by atoms with Crippen molar-refractivity contribution in [1.82, 2.24) is 5.32 Å². The average Bonchev–Trinajstić information content (AvgIpc) is 2.47. The summed E-state index contributed by atoms with van der Waals surface area (Å²) >= 11 is 0. The number of benzene rings is 1. The van der Waals surface area contributed by atoms with E-state index in [0.29, 0.717) is 11.5 Å². The van der Waals surface area contributed by atoms with Crippen molar-refractivity contribution in [3.05, 3.63) is 29.8 Å². The fraction of sp³-hybridized carbons (Fsp3) is 0.647. The fourth-order valence-corrected chi connectivity index (χ4v) is 2.94. The third kappa shape index (κ3) is 3.11. The lowest BCUT2D eigenvalue weighted by Crippen LogP contribution is -2.39. The van der Waals surface area contributed by atoms with E-state index in [1.807, 2.05) is 7.05 Å². The van der Waals surface area contributed by atoms with Gasteiger partial charge in [0.25, 0.3) is 0 Å². The molecule has 1 unspecified atom stereocenters. The zero-order valence-electron chi connectivity index (χ0n) is 12.9. The van der Waals surface area contributed by atoms with Gasteiger partial charge < -0.3 is 10.2 Å². The predicted molar refractivity (Wildman–Crippen MR) is 83.8 cm³/mol. The van der Waals surface area contributed by atoms with E-state index in [2.05, 4.69) is 55.3 Å². The summed E-state index contributed by atoms with van der Waals surface area (Å²) in [6, 6.07) is 9.25. The molecular weight excluding hydrogens is 232 g/mol. The molecule has 1 fully saturated rings. The van der Waals surface area contributed by atoms with Crippen LogP contribution in [0.15, 0.2) is 24.3 Å². The Labute approximate surface area is 118 Å². The molecule has 106 valence electrons. The average molecular weight is 260 g/mol. The van der Waals surface area contributed by atoms with Gasteiger partial charge in [-0.15, -0.1) is 0 Å². The van der Waals surface area contributed by atoms with Gasteiger partial charge in [-0.25, -0.2) is 0 Å². The zero-order valence-corrected chi connectivity index (χ0v) is 12.9. The molecule has 1 saturated heterocycles. The molecule has 1 aliphatic heterocycles. The summed E-state index contributed by atoms with van der Waals surface area (Å²) in [5.74, 6) is 0. The first-order valence-corrected chi connectivity index (χ1v) is 7.61. The largest absolute Gasteiger partial charge is 0.371 e. The van der Waals surface area contributed by atoms with Crippen LogP contribution in [0.25, 0.3) is 0 Å². The monoisotopic (exact) mass is 260 g/mol. The van der Waals surface area contributed by atoms with Crippen LogP contribution >= 0.6 is 0 Å². The molecule has 0 bridgehead atoms. The Morgan fingerprint density at radius 3 is 2.47 bits per heavy atom. The van der Waals surface area contributed by atoms with E-state index >= 15 is 0 Å². The summed E-state index contributed by atoms with van der Waals surface area (Å²) in [7, 11) is 2.03. The van der Waals surface area contributed by atoms with E-state index in [-0.39, 0.29) is 0 Å². The lowest BCUT2D eigenvalue weighted by atomic mass is 9.78. The maximum absolute atomic E-state index is 3.36. The molecule has 1 aromatic carbocycles. The van der Waals surface area contributed by atoms with Crippen molar-refractivity contribution in [3.63, 3.8) is 0 Å².